The van der Waals surface area contributed by atoms with Gasteiger partial charge in [-0.15, -0.1) is 0 Å². The Hall–Kier alpha value is -1.69. The van der Waals surface area contributed by atoms with E-state index in [0.29, 0.717) is 5.69 Å². The fraction of sp³-hybridized carbons (Fsp3) is 0.545. The lowest BCUT2D eigenvalue weighted by molar-refractivity contribution is -0.385. The predicted octanol–water partition coefficient (Wildman–Crippen LogP) is 1.26. The molecular weight excluding hydrogens is 222 g/mol. The number of rotatable bonds is 2. The molecule has 0 unspecified atom stereocenters. The Morgan fingerprint density at radius 3 is 2.65 bits per heavy atom. The molecule has 0 amide bonds. The number of hydrogen-bond acceptors (Lipinski definition) is 5. The minimum absolute atomic E-state index is 0.0470. The zero-order chi connectivity index (χ0) is 12.4. The number of nitrogens with zero attached hydrogens (tertiary/aromatic N) is 3. The van der Waals surface area contributed by atoms with Crippen molar-refractivity contribution in [3.63, 3.8) is 0 Å². The van der Waals surface area contributed by atoms with Crippen LogP contribution in [0.5, 0.6) is 0 Å². The van der Waals surface area contributed by atoms with Gasteiger partial charge in [0.15, 0.2) is 0 Å². The molecule has 17 heavy (non-hydrogen) atoms. The largest absolute Gasteiger partial charge is 0.393 e. The maximum Gasteiger partial charge on any atom is 0.290 e. The molecule has 0 aliphatic carbocycles. The normalized spacial score (nSPS) is 17.2. The molecule has 0 radical (unpaired) electrons. The van der Waals surface area contributed by atoms with Gasteiger partial charge in [0, 0.05) is 19.2 Å². The average molecular weight is 237 g/mol. The van der Waals surface area contributed by atoms with Gasteiger partial charge >= 0.3 is 0 Å². The van der Waals surface area contributed by atoms with Crippen LogP contribution in [-0.4, -0.2) is 34.2 Å². The second kappa shape index (κ2) is 4.67. The van der Waals surface area contributed by atoms with Crippen LogP contribution in [0.4, 0.5) is 11.5 Å². The van der Waals surface area contributed by atoms with E-state index in [2.05, 4.69) is 4.98 Å². The minimum Gasteiger partial charge on any atom is -0.393 e. The Morgan fingerprint density at radius 1 is 1.47 bits per heavy atom. The number of pyridine rings is 1. The maximum atomic E-state index is 10.7. The first kappa shape index (κ1) is 11.8. The summed E-state index contributed by atoms with van der Waals surface area (Å²) in [6, 6.07) is 3.16. The molecular formula is C11H15N3O3. The van der Waals surface area contributed by atoms with Crippen molar-refractivity contribution in [1.82, 2.24) is 4.98 Å². The van der Waals surface area contributed by atoms with Crippen LogP contribution in [0.25, 0.3) is 0 Å². The van der Waals surface area contributed by atoms with Crippen molar-refractivity contribution in [2.24, 2.45) is 0 Å². The summed E-state index contributed by atoms with van der Waals surface area (Å²) in [7, 11) is 0. The van der Waals surface area contributed by atoms with Gasteiger partial charge in [-0.3, -0.25) is 10.1 Å². The summed E-state index contributed by atoms with van der Waals surface area (Å²) in [5.41, 5.74) is 0.476. The van der Waals surface area contributed by atoms with Gasteiger partial charge in [0.25, 0.3) is 5.69 Å². The van der Waals surface area contributed by atoms with E-state index in [4.69, 9.17) is 0 Å². The van der Waals surface area contributed by atoms with Crippen molar-refractivity contribution in [2.45, 2.75) is 25.9 Å². The van der Waals surface area contributed by atoms with E-state index < -0.39 is 4.92 Å². The highest BCUT2D eigenvalue weighted by atomic mass is 16.6. The van der Waals surface area contributed by atoms with Crippen LogP contribution in [0.15, 0.2) is 12.1 Å². The predicted molar refractivity (Wildman–Crippen MR) is 63.1 cm³/mol. The van der Waals surface area contributed by atoms with Crippen LogP contribution in [0.1, 0.15) is 18.5 Å². The van der Waals surface area contributed by atoms with Gasteiger partial charge in [0.05, 0.1) is 11.0 Å². The summed E-state index contributed by atoms with van der Waals surface area (Å²) in [5, 5.41) is 20.1. The lowest BCUT2D eigenvalue weighted by Gasteiger charge is -2.30. The third-order valence-electron chi connectivity index (χ3n) is 3.03. The van der Waals surface area contributed by atoms with Gasteiger partial charge in [-0.2, -0.15) is 0 Å². The SMILES string of the molecule is Cc1nc(N2CCC(O)CC2)ccc1[N+](=O)[O-]. The number of nitro groups is 1. The van der Waals surface area contributed by atoms with Gasteiger partial charge in [-0.05, 0) is 25.8 Å². The molecule has 1 N–H and O–H groups in total. The Balaban J connectivity index is 2.17. The summed E-state index contributed by atoms with van der Waals surface area (Å²) >= 11 is 0. The molecule has 6 nitrogen and oxygen atoms in total. The maximum absolute atomic E-state index is 10.7. The summed E-state index contributed by atoms with van der Waals surface area (Å²) in [4.78, 5) is 16.5. The van der Waals surface area contributed by atoms with E-state index in [1.165, 1.54) is 6.07 Å². The van der Waals surface area contributed by atoms with Gasteiger partial charge in [0.2, 0.25) is 0 Å². The van der Waals surface area contributed by atoms with Crippen molar-refractivity contribution in [1.29, 1.82) is 0 Å². The van der Waals surface area contributed by atoms with Crippen LogP contribution < -0.4 is 4.90 Å². The van der Waals surface area contributed by atoms with Crippen LogP contribution in [0.2, 0.25) is 0 Å². The molecule has 0 bridgehead atoms. The van der Waals surface area contributed by atoms with Crippen LogP contribution >= 0.6 is 0 Å². The first-order chi connectivity index (χ1) is 8.08. The molecule has 2 rings (SSSR count). The second-order valence-electron chi connectivity index (χ2n) is 4.25. The summed E-state index contributed by atoms with van der Waals surface area (Å²) < 4.78 is 0. The first-order valence-corrected chi connectivity index (χ1v) is 5.63. The Bertz CT molecular complexity index is 428. The smallest absolute Gasteiger partial charge is 0.290 e. The third kappa shape index (κ3) is 2.52. The van der Waals surface area contributed by atoms with Crippen LogP contribution in [-0.2, 0) is 0 Å². The molecule has 2 heterocycles. The number of aryl methyl sites for hydroxylation is 1. The van der Waals surface area contributed by atoms with E-state index >= 15 is 0 Å². The molecule has 6 heteroatoms. The Morgan fingerprint density at radius 2 is 2.12 bits per heavy atom. The Kier molecular flexibility index (Phi) is 3.23. The van der Waals surface area contributed by atoms with Gasteiger partial charge in [0.1, 0.15) is 11.5 Å². The van der Waals surface area contributed by atoms with Crippen molar-refractivity contribution in [3.05, 3.63) is 27.9 Å². The topological polar surface area (TPSA) is 79.5 Å². The van der Waals surface area contributed by atoms with Gasteiger partial charge < -0.3 is 10.0 Å². The molecule has 92 valence electrons. The van der Waals surface area contributed by atoms with E-state index in [0.717, 1.165) is 31.7 Å². The standard InChI is InChI=1S/C11H15N3O3/c1-8-10(14(16)17)2-3-11(12-8)13-6-4-9(15)5-7-13/h2-3,9,15H,4-7H2,1H3. The summed E-state index contributed by atoms with van der Waals surface area (Å²) in [6.07, 6.45) is 1.21. The number of hydrogen-bond donors (Lipinski definition) is 1. The molecule has 1 aliphatic rings. The van der Waals surface area contributed by atoms with Gasteiger partial charge in [-0.25, -0.2) is 4.98 Å². The fourth-order valence-electron chi connectivity index (χ4n) is 2.00. The monoisotopic (exact) mass is 237 g/mol. The summed E-state index contributed by atoms with van der Waals surface area (Å²) in [5.74, 6) is 0.750. The van der Waals surface area contributed by atoms with E-state index in [1.54, 1.807) is 13.0 Å². The van der Waals surface area contributed by atoms with Crippen molar-refractivity contribution in [3.8, 4) is 0 Å². The molecule has 1 saturated heterocycles. The zero-order valence-electron chi connectivity index (χ0n) is 9.67. The highest BCUT2D eigenvalue weighted by molar-refractivity contribution is 5.47. The molecule has 1 aliphatic heterocycles. The number of aliphatic hydroxyl groups is 1. The zero-order valence-corrected chi connectivity index (χ0v) is 9.67. The minimum atomic E-state index is -0.425. The first-order valence-electron chi connectivity index (χ1n) is 5.63. The second-order valence-corrected chi connectivity index (χ2v) is 4.25. The molecule has 0 saturated carbocycles. The van der Waals surface area contributed by atoms with E-state index in [-0.39, 0.29) is 11.8 Å². The van der Waals surface area contributed by atoms with Crippen molar-refractivity contribution < 1.29 is 10.0 Å². The van der Waals surface area contributed by atoms with E-state index in [1.807, 2.05) is 4.90 Å². The Labute approximate surface area is 99.0 Å². The lowest BCUT2D eigenvalue weighted by Crippen LogP contribution is -2.36. The number of anilines is 1. The lowest BCUT2D eigenvalue weighted by atomic mass is 10.1. The molecule has 1 aromatic rings. The number of piperidine rings is 1. The highest BCUT2D eigenvalue weighted by Gasteiger charge is 2.20. The molecule has 0 atom stereocenters. The quantitative estimate of drug-likeness (QED) is 0.618. The van der Waals surface area contributed by atoms with Crippen LogP contribution in [0.3, 0.4) is 0 Å². The molecule has 1 fully saturated rings. The highest BCUT2D eigenvalue weighted by Crippen LogP contribution is 2.22. The molecule has 0 aromatic carbocycles. The van der Waals surface area contributed by atoms with Crippen LogP contribution in [0, 0.1) is 17.0 Å². The third-order valence-corrected chi connectivity index (χ3v) is 3.03. The number of aromatic nitrogens is 1. The average Bonchev–Trinajstić information content (AvgIpc) is 2.29. The van der Waals surface area contributed by atoms with E-state index in [9.17, 15) is 15.2 Å². The molecule has 0 spiro atoms. The fourth-order valence-corrected chi connectivity index (χ4v) is 2.00. The van der Waals surface area contributed by atoms with Crippen molar-refractivity contribution >= 4 is 11.5 Å². The molecule has 1 aromatic heterocycles. The summed E-state index contributed by atoms with van der Waals surface area (Å²) in [6.45, 7) is 3.12. The van der Waals surface area contributed by atoms with Gasteiger partial charge in [-0.1, -0.05) is 0 Å². The number of aliphatic hydroxyl groups excluding tert-OH is 1. The van der Waals surface area contributed by atoms with Crippen molar-refractivity contribution in [2.75, 3.05) is 18.0 Å².